The van der Waals surface area contributed by atoms with E-state index in [1.807, 2.05) is 13.0 Å². The Hall–Kier alpha value is -0.540. The molecule has 0 spiro atoms. The van der Waals surface area contributed by atoms with Crippen LogP contribution in [-0.4, -0.2) is 0 Å². The molecule has 1 aromatic heterocycles. The predicted molar refractivity (Wildman–Crippen MR) is 77.8 cm³/mol. The first-order valence-corrected chi connectivity index (χ1v) is 7.16. The molecule has 0 amide bonds. The number of halogens is 2. The van der Waals surface area contributed by atoms with E-state index in [9.17, 15) is 0 Å². The maximum Gasteiger partial charge on any atom is 0.105 e. The van der Waals surface area contributed by atoms with Crippen molar-refractivity contribution in [3.63, 3.8) is 0 Å². The van der Waals surface area contributed by atoms with Crippen molar-refractivity contribution in [3.05, 3.63) is 56.9 Å². The third-order valence-corrected chi connectivity index (χ3v) is 4.83. The summed E-state index contributed by atoms with van der Waals surface area (Å²) in [6.07, 6.45) is 1.74. The third kappa shape index (κ3) is 2.50. The van der Waals surface area contributed by atoms with Crippen molar-refractivity contribution in [2.45, 2.75) is 25.6 Å². The fourth-order valence-corrected chi connectivity index (χ4v) is 3.33. The van der Waals surface area contributed by atoms with Gasteiger partial charge in [-0.15, -0.1) is 0 Å². The monoisotopic (exact) mass is 356 g/mol. The van der Waals surface area contributed by atoms with Crippen LogP contribution in [0.4, 0.5) is 0 Å². The van der Waals surface area contributed by atoms with Gasteiger partial charge in [-0.1, -0.05) is 37.9 Å². The molecule has 90 valence electrons. The number of benzene rings is 1. The molecule has 1 aromatic carbocycles. The van der Waals surface area contributed by atoms with Crippen LogP contribution in [0.15, 0.2) is 33.4 Å². The highest BCUT2D eigenvalue weighted by atomic mass is 79.9. The van der Waals surface area contributed by atoms with E-state index >= 15 is 0 Å². The van der Waals surface area contributed by atoms with E-state index in [-0.39, 0.29) is 4.83 Å². The van der Waals surface area contributed by atoms with Gasteiger partial charge in [0.15, 0.2) is 0 Å². The van der Waals surface area contributed by atoms with Gasteiger partial charge in [-0.3, -0.25) is 0 Å². The lowest BCUT2D eigenvalue weighted by molar-refractivity contribution is 0.530. The van der Waals surface area contributed by atoms with Crippen LogP contribution in [-0.2, 0) is 0 Å². The van der Waals surface area contributed by atoms with Crippen LogP contribution in [0.25, 0.3) is 0 Å². The number of rotatable bonds is 2. The van der Waals surface area contributed by atoms with Crippen molar-refractivity contribution < 1.29 is 4.42 Å². The molecule has 1 unspecified atom stereocenters. The minimum atomic E-state index is 0.188. The number of alkyl halides is 1. The lowest BCUT2D eigenvalue weighted by atomic mass is 9.99. The Morgan fingerprint density at radius 3 is 2.35 bits per heavy atom. The highest BCUT2D eigenvalue weighted by Crippen LogP contribution is 2.36. The lowest BCUT2D eigenvalue weighted by Crippen LogP contribution is -1.97. The van der Waals surface area contributed by atoms with E-state index in [1.165, 1.54) is 22.3 Å². The summed E-state index contributed by atoms with van der Waals surface area (Å²) in [6, 6.07) is 6.39. The molecule has 0 radical (unpaired) electrons. The Kier molecular flexibility index (Phi) is 3.79. The number of aryl methyl sites for hydroxylation is 3. The molecule has 0 aliphatic heterocycles. The van der Waals surface area contributed by atoms with E-state index in [0.717, 1.165) is 10.2 Å². The van der Waals surface area contributed by atoms with Crippen LogP contribution in [0.3, 0.4) is 0 Å². The van der Waals surface area contributed by atoms with Crippen molar-refractivity contribution in [1.82, 2.24) is 0 Å². The SMILES string of the molecule is Cc1cc(C(Br)c2ccoc2C)c(C)cc1Br. The molecule has 2 rings (SSSR count). The summed E-state index contributed by atoms with van der Waals surface area (Å²) >= 11 is 7.32. The standard InChI is InChI=1S/C14H14Br2O/c1-8-7-13(15)9(2)6-12(8)14(16)11-4-5-17-10(11)3/h4-7,14H,1-3H3. The smallest absolute Gasteiger partial charge is 0.105 e. The molecule has 0 N–H and O–H groups in total. The van der Waals surface area contributed by atoms with Gasteiger partial charge >= 0.3 is 0 Å². The first kappa shape index (κ1) is 12.9. The molecule has 1 nitrogen and oxygen atoms in total. The molecule has 0 bridgehead atoms. The predicted octanol–water partition coefficient (Wildman–Crippen LogP) is 5.45. The van der Waals surface area contributed by atoms with Crippen LogP contribution >= 0.6 is 31.9 Å². The van der Waals surface area contributed by atoms with E-state index in [0.29, 0.717) is 0 Å². The van der Waals surface area contributed by atoms with Crippen molar-refractivity contribution in [2.24, 2.45) is 0 Å². The zero-order valence-corrected chi connectivity index (χ0v) is 13.2. The maximum atomic E-state index is 5.36. The molecule has 0 fully saturated rings. The Morgan fingerprint density at radius 1 is 1.06 bits per heavy atom. The second-order valence-corrected chi connectivity index (χ2v) is 6.02. The average Bonchev–Trinajstić information content (AvgIpc) is 2.69. The van der Waals surface area contributed by atoms with Crippen LogP contribution in [0.1, 0.15) is 32.8 Å². The first-order valence-electron chi connectivity index (χ1n) is 5.45. The van der Waals surface area contributed by atoms with Crippen molar-refractivity contribution in [3.8, 4) is 0 Å². The van der Waals surface area contributed by atoms with Gasteiger partial charge in [0.1, 0.15) is 5.76 Å². The van der Waals surface area contributed by atoms with Gasteiger partial charge in [-0.05, 0) is 49.6 Å². The minimum Gasteiger partial charge on any atom is -0.469 e. The fourth-order valence-electron chi connectivity index (χ4n) is 1.90. The highest BCUT2D eigenvalue weighted by molar-refractivity contribution is 9.10. The second kappa shape index (κ2) is 4.99. The van der Waals surface area contributed by atoms with Gasteiger partial charge in [-0.2, -0.15) is 0 Å². The second-order valence-electron chi connectivity index (χ2n) is 4.25. The van der Waals surface area contributed by atoms with Gasteiger partial charge < -0.3 is 4.42 Å². The summed E-state index contributed by atoms with van der Waals surface area (Å²) in [6.45, 7) is 6.23. The molecule has 0 aliphatic rings. The van der Waals surface area contributed by atoms with Crippen LogP contribution in [0.5, 0.6) is 0 Å². The van der Waals surface area contributed by atoms with Crippen molar-refractivity contribution in [1.29, 1.82) is 0 Å². The molecule has 3 heteroatoms. The summed E-state index contributed by atoms with van der Waals surface area (Å²) in [5.74, 6) is 0.965. The Labute approximate surface area is 118 Å². The normalized spacial score (nSPS) is 12.8. The summed E-state index contributed by atoms with van der Waals surface area (Å²) in [5, 5.41) is 0. The minimum absolute atomic E-state index is 0.188. The molecule has 17 heavy (non-hydrogen) atoms. The molecule has 1 atom stereocenters. The van der Waals surface area contributed by atoms with E-state index in [2.05, 4.69) is 57.8 Å². The Balaban J connectivity index is 2.48. The van der Waals surface area contributed by atoms with E-state index in [1.54, 1.807) is 6.26 Å². The zero-order valence-electron chi connectivity index (χ0n) is 10.1. The molecule has 1 heterocycles. The summed E-state index contributed by atoms with van der Waals surface area (Å²) in [4.78, 5) is 0.188. The van der Waals surface area contributed by atoms with Crippen molar-refractivity contribution in [2.75, 3.05) is 0 Å². The average molecular weight is 358 g/mol. The van der Waals surface area contributed by atoms with Gasteiger partial charge in [-0.25, -0.2) is 0 Å². The van der Waals surface area contributed by atoms with Crippen LogP contribution in [0, 0.1) is 20.8 Å². The Morgan fingerprint density at radius 2 is 1.76 bits per heavy atom. The molecular weight excluding hydrogens is 344 g/mol. The summed E-state index contributed by atoms with van der Waals surface area (Å²) in [7, 11) is 0. The van der Waals surface area contributed by atoms with Gasteiger partial charge in [0.2, 0.25) is 0 Å². The molecular formula is C14H14Br2O. The van der Waals surface area contributed by atoms with Gasteiger partial charge in [0.25, 0.3) is 0 Å². The number of hydrogen-bond acceptors (Lipinski definition) is 1. The van der Waals surface area contributed by atoms with Crippen LogP contribution in [0.2, 0.25) is 0 Å². The van der Waals surface area contributed by atoms with Gasteiger partial charge in [0, 0.05) is 10.0 Å². The quantitative estimate of drug-likeness (QED) is 0.651. The third-order valence-electron chi connectivity index (χ3n) is 2.99. The van der Waals surface area contributed by atoms with Crippen LogP contribution < -0.4 is 0 Å². The van der Waals surface area contributed by atoms with Crippen molar-refractivity contribution >= 4 is 31.9 Å². The van der Waals surface area contributed by atoms with E-state index in [4.69, 9.17) is 4.42 Å². The molecule has 0 saturated carbocycles. The van der Waals surface area contributed by atoms with E-state index < -0.39 is 0 Å². The molecule has 0 aliphatic carbocycles. The topological polar surface area (TPSA) is 13.1 Å². The fraction of sp³-hybridized carbons (Fsp3) is 0.286. The maximum absolute atomic E-state index is 5.36. The summed E-state index contributed by atoms with van der Waals surface area (Å²) < 4.78 is 6.52. The number of hydrogen-bond donors (Lipinski definition) is 0. The molecule has 0 saturated heterocycles. The largest absolute Gasteiger partial charge is 0.469 e. The first-order chi connectivity index (χ1) is 8.00. The summed E-state index contributed by atoms with van der Waals surface area (Å²) in [5.41, 5.74) is 4.99. The zero-order chi connectivity index (χ0) is 12.6. The highest BCUT2D eigenvalue weighted by Gasteiger charge is 2.17. The molecule has 2 aromatic rings. The number of furan rings is 1. The van der Waals surface area contributed by atoms with Gasteiger partial charge in [0.05, 0.1) is 11.1 Å². The Bertz CT molecular complexity index is 543. The lowest BCUT2D eigenvalue weighted by Gasteiger charge is -2.14.